The minimum Gasteiger partial charge on any atom is -0.434 e. The second-order valence-electron chi connectivity index (χ2n) is 4.06. The second-order valence-corrected chi connectivity index (χ2v) is 4.50. The molecule has 0 saturated heterocycles. The fourth-order valence-corrected chi connectivity index (χ4v) is 1.99. The Labute approximate surface area is 127 Å². The normalized spacial score (nSPS) is 11.6. The molecule has 0 amide bonds. The number of hydrogen-bond acceptors (Lipinski definition) is 2. The summed E-state index contributed by atoms with van der Waals surface area (Å²) >= 11 is 5.78. The Kier molecular flexibility index (Phi) is 4.75. The Morgan fingerprint density at radius 2 is 1.59 bits per heavy atom. The number of rotatable bonds is 4. The second kappa shape index (κ2) is 6.39. The van der Waals surface area contributed by atoms with E-state index in [2.05, 4.69) is 9.47 Å². The molecule has 0 aliphatic rings. The molecular weight excluding hydrogens is 331 g/mol. The van der Waals surface area contributed by atoms with E-state index in [1.165, 1.54) is 30.3 Å². The summed E-state index contributed by atoms with van der Waals surface area (Å²) in [4.78, 5) is 0. The lowest BCUT2D eigenvalue weighted by Crippen LogP contribution is -2.17. The van der Waals surface area contributed by atoms with Crippen LogP contribution in [-0.4, -0.2) is 13.0 Å². The van der Waals surface area contributed by atoms with Crippen molar-refractivity contribution in [1.82, 2.24) is 0 Å². The summed E-state index contributed by atoms with van der Waals surface area (Å²) < 4.78 is 70.3. The van der Waals surface area contributed by atoms with Gasteiger partial charge in [0, 0.05) is 16.1 Å². The quantitative estimate of drug-likeness (QED) is 0.685. The third kappa shape index (κ3) is 4.24. The number of benzene rings is 2. The average molecular weight is 339 g/mol. The SMILES string of the molecule is FC(F)Oc1ccc(Cl)cc1-c1ccccc1OC(F)(F)F. The van der Waals surface area contributed by atoms with Crippen LogP contribution < -0.4 is 9.47 Å². The van der Waals surface area contributed by atoms with Crippen LogP contribution in [0.25, 0.3) is 11.1 Å². The van der Waals surface area contributed by atoms with Crippen LogP contribution in [0.3, 0.4) is 0 Å². The summed E-state index contributed by atoms with van der Waals surface area (Å²) in [7, 11) is 0. The van der Waals surface area contributed by atoms with Gasteiger partial charge in [0.05, 0.1) is 0 Å². The Balaban J connectivity index is 2.54. The van der Waals surface area contributed by atoms with Gasteiger partial charge >= 0.3 is 13.0 Å². The van der Waals surface area contributed by atoms with E-state index in [0.29, 0.717) is 0 Å². The van der Waals surface area contributed by atoms with Crippen LogP contribution in [0, 0.1) is 0 Å². The summed E-state index contributed by atoms with van der Waals surface area (Å²) in [6.07, 6.45) is -4.92. The first-order valence-corrected chi connectivity index (χ1v) is 6.23. The molecule has 0 aliphatic carbocycles. The van der Waals surface area contributed by atoms with E-state index in [0.717, 1.165) is 12.1 Å². The van der Waals surface area contributed by atoms with Crippen molar-refractivity contribution in [2.24, 2.45) is 0 Å². The summed E-state index contributed by atoms with van der Waals surface area (Å²) in [5, 5.41) is 0.151. The van der Waals surface area contributed by atoms with Gasteiger partial charge in [0.25, 0.3) is 0 Å². The molecule has 2 nitrogen and oxygen atoms in total. The first kappa shape index (κ1) is 16.4. The summed E-state index contributed by atoms with van der Waals surface area (Å²) in [5.41, 5.74) is -0.106. The number of hydrogen-bond donors (Lipinski definition) is 0. The summed E-state index contributed by atoms with van der Waals surface area (Å²) in [5.74, 6) is -0.853. The van der Waals surface area contributed by atoms with E-state index in [1.54, 1.807) is 0 Å². The van der Waals surface area contributed by atoms with Crippen LogP contribution in [-0.2, 0) is 0 Å². The third-order valence-electron chi connectivity index (χ3n) is 2.56. The maximum absolute atomic E-state index is 12.4. The van der Waals surface area contributed by atoms with E-state index >= 15 is 0 Å². The van der Waals surface area contributed by atoms with Gasteiger partial charge in [-0.3, -0.25) is 0 Å². The minimum absolute atomic E-state index is 0.0346. The van der Waals surface area contributed by atoms with Crippen LogP contribution in [0.4, 0.5) is 22.0 Å². The van der Waals surface area contributed by atoms with E-state index < -0.39 is 18.7 Å². The monoisotopic (exact) mass is 338 g/mol. The van der Waals surface area contributed by atoms with Crippen molar-refractivity contribution in [3.63, 3.8) is 0 Å². The van der Waals surface area contributed by atoms with Crippen LogP contribution in [0.2, 0.25) is 5.02 Å². The van der Waals surface area contributed by atoms with Crippen molar-refractivity contribution >= 4 is 11.6 Å². The molecular formula is C14H8ClF5O2. The molecule has 2 aromatic rings. The lowest BCUT2D eigenvalue weighted by molar-refractivity contribution is -0.274. The largest absolute Gasteiger partial charge is 0.573 e. The van der Waals surface area contributed by atoms with Gasteiger partial charge in [-0.05, 0) is 24.3 Å². The molecule has 2 rings (SSSR count). The van der Waals surface area contributed by atoms with Gasteiger partial charge in [-0.2, -0.15) is 8.78 Å². The lowest BCUT2D eigenvalue weighted by Gasteiger charge is -2.16. The molecule has 0 bridgehead atoms. The number of halogens is 6. The average Bonchev–Trinajstić information content (AvgIpc) is 2.39. The standard InChI is InChI=1S/C14H8ClF5O2/c15-8-5-6-11(21-13(16)17)10(7-8)9-3-1-2-4-12(9)22-14(18,19)20/h1-7,13H. The fourth-order valence-electron chi connectivity index (χ4n) is 1.81. The minimum atomic E-state index is -4.92. The molecule has 0 atom stereocenters. The molecule has 2 aromatic carbocycles. The van der Waals surface area contributed by atoms with Crippen LogP contribution in [0.1, 0.15) is 0 Å². The molecule has 0 spiro atoms. The van der Waals surface area contributed by atoms with Crippen LogP contribution in [0.5, 0.6) is 11.5 Å². The molecule has 0 aromatic heterocycles. The van der Waals surface area contributed by atoms with Crippen molar-refractivity contribution in [3.8, 4) is 22.6 Å². The number of para-hydroxylation sites is 1. The maximum Gasteiger partial charge on any atom is 0.573 e. The van der Waals surface area contributed by atoms with Crippen molar-refractivity contribution < 1.29 is 31.4 Å². The van der Waals surface area contributed by atoms with Crippen molar-refractivity contribution in [3.05, 3.63) is 47.5 Å². The van der Waals surface area contributed by atoms with E-state index in [4.69, 9.17) is 11.6 Å². The fraction of sp³-hybridized carbons (Fsp3) is 0.143. The predicted molar refractivity (Wildman–Crippen MR) is 70.2 cm³/mol. The Morgan fingerprint density at radius 1 is 0.909 bits per heavy atom. The number of ether oxygens (including phenoxy) is 2. The molecule has 118 valence electrons. The highest BCUT2D eigenvalue weighted by molar-refractivity contribution is 6.31. The number of alkyl halides is 5. The molecule has 0 unspecified atom stereocenters. The Hall–Kier alpha value is -2.02. The van der Waals surface area contributed by atoms with Gasteiger partial charge in [0.2, 0.25) is 0 Å². The predicted octanol–water partition coefficient (Wildman–Crippen LogP) is 5.51. The molecule has 0 fully saturated rings. The smallest absolute Gasteiger partial charge is 0.434 e. The summed E-state index contributed by atoms with van der Waals surface area (Å²) in [6, 6.07) is 8.76. The van der Waals surface area contributed by atoms with E-state index in [-0.39, 0.29) is 21.9 Å². The highest BCUT2D eigenvalue weighted by Crippen LogP contribution is 2.40. The molecule has 0 heterocycles. The van der Waals surface area contributed by atoms with Gasteiger partial charge < -0.3 is 9.47 Å². The molecule has 0 radical (unpaired) electrons. The highest BCUT2D eigenvalue weighted by Gasteiger charge is 2.32. The Morgan fingerprint density at radius 3 is 2.23 bits per heavy atom. The molecule has 0 aliphatic heterocycles. The highest BCUT2D eigenvalue weighted by atomic mass is 35.5. The van der Waals surface area contributed by atoms with Crippen molar-refractivity contribution in [1.29, 1.82) is 0 Å². The Bertz CT molecular complexity index is 658. The third-order valence-corrected chi connectivity index (χ3v) is 2.80. The first-order chi connectivity index (χ1) is 10.3. The topological polar surface area (TPSA) is 18.5 Å². The zero-order valence-electron chi connectivity index (χ0n) is 10.7. The molecule has 8 heteroatoms. The van der Waals surface area contributed by atoms with Crippen molar-refractivity contribution in [2.45, 2.75) is 13.0 Å². The zero-order valence-corrected chi connectivity index (χ0v) is 11.5. The molecule has 22 heavy (non-hydrogen) atoms. The summed E-state index contributed by atoms with van der Waals surface area (Å²) in [6.45, 7) is -3.13. The lowest BCUT2D eigenvalue weighted by atomic mass is 10.0. The molecule has 0 N–H and O–H groups in total. The van der Waals surface area contributed by atoms with E-state index in [1.807, 2.05) is 0 Å². The van der Waals surface area contributed by atoms with Gasteiger partial charge in [-0.15, -0.1) is 13.2 Å². The van der Waals surface area contributed by atoms with E-state index in [9.17, 15) is 22.0 Å². The van der Waals surface area contributed by atoms with Gasteiger partial charge in [0.15, 0.2) is 0 Å². The van der Waals surface area contributed by atoms with Crippen molar-refractivity contribution in [2.75, 3.05) is 0 Å². The first-order valence-electron chi connectivity index (χ1n) is 5.86. The maximum atomic E-state index is 12.4. The molecule has 0 saturated carbocycles. The van der Waals surface area contributed by atoms with Gasteiger partial charge in [-0.1, -0.05) is 29.8 Å². The zero-order chi connectivity index (χ0) is 16.3. The van der Waals surface area contributed by atoms with Crippen LogP contribution in [0.15, 0.2) is 42.5 Å². The van der Waals surface area contributed by atoms with Gasteiger partial charge in [-0.25, -0.2) is 0 Å². The van der Waals surface area contributed by atoms with Gasteiger partial charge in [0.1, 0.15) is 11.5 Å². The van der Waals surface area contributed by atoms with Crippen LogP contribution >= 0.6 is 11.6 Å².